The fraction of sp³-hybridized carbons (Fsp3) is 0.200. The Morgan fingerprint density at radius 2 is 1.76 bits per heavy atom. The van der Waals surface area contributed by atoms with Gasteiger partial charge < -0.3 is 4.74 Å². The Bertz CT molecular complexity index is 788. The van der Waals surface area contributed by atoms with Gasteiger partial charge in [-0.15, -0.1) is 0 Å². The van der Waals surface area contributed by atoms with Gasteiger partial charge in [-0.3, -0.25) is 4.98 Å². The molecule has 0 bridgehead atoms. The molecule has 0 saturated heterocycles. The minimum atomic E-state index is -4.73. The second kappa shape index (κ2) is 6.95. The van der Waals surface area contributed by atoms with E-state index in [2.05, 4.69) is 9.72 Å². The highest BCUT2D eigenvalue weighted by molar-refractivity contribution is 8.00. The number of carbonyl (C=O) groups excluding carboxylic acids is 1. The zero-order chi connectivity index (χ0) is 18.8. The van der Waals surface area contributed by atoms with Crippen molar-refractivity contribution >= 4 is 17.7 Å². The van der Waals surface area contributed by atoms with Gasteiger partial charge in [0.1, 0.15) is 0 Å². The zero-order valence-electron chi connectivity index (χ0n) is 12.4. The molecule has 0 aliphatic heterocycles. The molecule has 0 aliphatic carbocycles. The van der Waals surface area contributed by atoms with Crippen LogP contribution < -0.4 is 0 Å². The van der Waals surface area contributed by atoms with Crippen molar-refractivity contribution < 1.29 is 35.9 Å². The van der Waals surface area contributed by atoms with E-state index in [1.165, 1.54) is 6.07 Å². The topological polar surface area (TPSA) is 39.2 Å². The number of carbonyl (C=O) groups is 1. The minimum absolute atomic E-state index is 0.411. The second-order valence-corrected chi connectivity index (χ2v) is 5.79. The molecule has 10 heteroatoms. The molecule has 1 heterocycles. The maximum atomic E-state index is 13.2. The first-order valence-electron chi connectivity index (χ1n) is 6.53. The molecule has 2 rings (SSSR count). The third-order valence-electron chi connectivity index (χ3n) is 2.99. The lowest BCUT2D eigenvalue weighted by Gasteiger charge is -2.15. The number of halogens is 6. The molecule has 0 aliphatic rings. The quantitative estimate of drug-likeness (QED) is 0.418. The van der Waals surface area contributed by atoms with Crippen LogP contribution in [-0.4, -0.2) is 23.6 Å². The Labute approximate surface area is 142 Å². The first-order valence-corrected chi connectivity index (χ1v) is 7.35. The molecular weight excluding hydrogens is 372 g/mol. The maximum absolute atomic E-state index is 13.2. The van der Waals surface area contributed by atoms with Crippen molar-refractivity contribution in [2.75, 3.05) is 7.11 Å². The first kappa shape index (κ1) is 19.1. The Kier molecular flexibility index (Phi) is 5.31. The molecule has 1 aromatic carbocycles. The number of esters is 1. The highest BCUT2D eigenvalue weighted by atomic mass is 32.2. The van der Waals surface area contributed by atoms with E-state index < -0.39 is 56.7 Å². The highest BCUT2D eigenvalue weighted by Gasteiger charge is 2.35. The van der Waals surface area contributed by atoms with E-state index in [-0.39, 0.29) is 0 Å². The number of hydrogen-bond acceptors (Lipinski definition) is 4. The summed E-state index contributed by atoms with van der Waals surface area (Å²) in [7, 11) is 0.964. The van der Waals surface area contributed by atoms with E-state index in [0.29, 0.717) is 0 Å². The van der Waals surface area contributed by atoms with Crippen LogP contribution in [0.2, 0.25) is 0 Å². The summed E-state index contributed by atoms with van der Waals surface area (Å²) < 4.78 is 81.3. The average Bonchev–Trinajstić information content (AvgIpc) is 2.51. The Morgan fingerprint density at radius 1 is 1.12 bits per heavy atom. The van der Waals surface area contributed by atoms with Crippen LogP contribution in [0.5, 0.6) is 0 Å². The van der Waals surface area contributed by atoms with E-state index in [4.69, 9.17) is 0 Å². The fourth-order valence-corrected chi connectivity index (χ4v) is 2.60. The van der Waals surface area contributed by atoms with E-state index >= 15 is 0 Å². The van der Waals surface area contributed by atoms with Gasteiger partial charge in [0.15, 0.2) is 0 Å². The van der Waals surface area contributed by atoms with Crippen molar-refractivity contribution in [2.24, 2.45) is 0 Å². The van der Waals surface area contributed by atoms with Gasteiger partial charge in [-0.2, -0.15) is 26.3 Å². The van der Waals surface area contributed by atoms with Gasteiger partial charge in [0, 0.05) is 16.7 Å². The van der Waals surface area contributed by atoms with Crippen LogP contribution in [0.15, 0.2) is 41.4 Å². The van der Waals surface area contributed by atoms with Crippen LogP contribution in [0, 0.1) is 0 Å². The van der Waals surface area contributed by atoms with E-state index in [1.54, 1.807) is 0 Å². The van der Waals surface area contributed by atoms with E-state index in [1.807, 2.05) is 0 Å². The highest BCUT2D eigenvalue weighted by Crippen LogP contribution is 2.40. The molecule has 2 aromatic rings. The number of thioether (sulfide) groups is 1. The summed E-state index contributed by atoms with van der Waals surface area (Å²) in [5.41, 5.74) is -7.04. The lowest BCUT2D eigenvalue weighted by atomic mass is 10.00. The predicted octanol–water partition coefficient (Wildman–Crippen LogP) is 5.17. The summed E-state index contributed by atoms with van der Waals surface area (Å²) >= 11 is -0.536. The van der Waals surface area contributed by atoms with Crippen molar-refractivity contribution in [1.29, 1.82) is 0 Å². The average molecular weight is 381 g/mol. The standard InChI is InChI=1S/C15H9F6NO2S/c1-24-13(23)10-6-8(25-15(19,20)21)7-22-12(10)9-4-2-3-5-11(9)14(16,17)18/h2-7H,1H3. The molecule has 3 nitrogen and oxygen atoms in total. The van der Waals surface area contributed by atoms with Crippen molar-refractivity contribution in [3.8, 4) is 11.3 Å². The normalized spacial score (nSPS) is 12.1. The smallest absolute Gasteiger partial charge is 0.446 e. The number of nitrogens with zero attached hydrogens (tertiary/aromatic N) is 1. The molecule has 0 atom stereocenters. The number of pyridine rings is 1. The van der Waals surface area contributed by atoms with Gasteiger partial charge >= 0.3 is 17.7 Å². The SMILES string of the molecule is COC(=O)c1cc(SC(F)(F)F)cnc1-c1ccccc1C(F)(F)F. The van der Waals surface area contributed by atoms with Crippen LogP contribution in [0.3, 0.4) is 0 Å². The fourth-order valence-electron chi connectivity index (χ4n) is 2.05. The molecule has 0 amide bonds. The van der Waals surface area contributed by atoms with Crippen molar-refractivity contribution in [3.05, 3.63) is 47.7 Å². The van der Waals surface area contributed by atoms with Gasteiger partial charge in [-0.25, -0.2) is 4.79 Å². The molecule has 0 radical (unpaired) electrons. The maximum Gasteiger partial charge on any atom is 0.446 e. The number of benzene rings is 1. The molecular formula is C15H9F6NO2S. The number of methoxy groups -OCH3 is 1. The Balaban J connectivity index is 2.65. The molecule has 0 spiro atoms. The van der Waals surface area contributed by atoms with Crippen LogP contribution in [0.1, 0.15) is 15.9 Å². The number of aromatic nitrogens is 1. The van der Waals surface area contributed by atoms with Crippen molar-refractivity contribution in [3.63, 3.8) is 0 Å². The Hall–Kier alpha value is -2.23. The minimum Gasteiger partial charge on any atom is -0.465 e. The predicted molar refractivity (Wildman–Crippen MR) is 77.9 cm³/mol. The monoisotopic (exact) mass is 381 g/mol. The summed E-state index contributed by atoms with van der Waals surface area (Å²) in [6, 6.07) is 5.12. The van der Waals surface area contributed by atoms with E-state index in [0.717, 1.165) is 37.6 Å². The Morgan fingerprint density at radius 3 is 2.32 bits per heavy atom. The van der Waals surface area contributed by atoms with Crippen molar-refractivity contribution in [1.82, 2.24) is 4.98 Å². The van der Waals surface area contributed by atoms with Gasteiger partial charge in [0.2, 0.25) is 0 Å². The lowest BCUT2D eigenvalue weighted by molar-refractivity contribution is -0.137. The molecule has 1 aromatic heterocycles. The number of ether oxygens (including phenoxy) is 1. The zero-order valence-corrected chi connectivity index (χ0v) is 13.2. The summed E-state index contributed by atoms with van der Waals surface area (Å²) in [5.74, 6) is -1.09. The largest absolute Gasteiger partial charge is 0.465 e. The molecule has 0 N–H and O–H groups in total. The van der Waals surface area contributed by atoms with Crippen molar-refractivity contribution in [2.45, 2.75) is 16.6 Å². The summed E-state index contributed by atoms with van der Waals surface area (Å²) in [5, 5.41) is 0. The summed E-state index contributed by atoms with van der Waals surface area (Å²) in [4.78, 5) is 15.1. The second-order valence-electron chi connectivity index (χ2n) is 4.65. The molecule has 0 saturated carbocycles. The lowest BCUT2D eigenvalue weighted by Crippen LogP contribution is -2.11. The molecule has 0 unspecified atom stereocenters. The number of hydrogen-bond donors (Lipinski definition) is 0. The van der Waals surface area contributed by atoms with E-state index in [9.17, 15) is 31.1 Å². The van der Waals surface area contributed by atoms with Crippen LogP contribution in [-0.2, 0) is 10.9 Å². The number of alkyl halides is 6. The van der Waals surface area contributed by atoms with Gasteiger partial charge in [0.05, 0.1) is 23.9 Å². The molecule has 25 heavy (non-hydrogen) atoms. The van der Waals surface area contributed by atoms with Gasteiger partial charge in [-0.1, -0.05) is 18.2 Å². The van der Waals surface area contributed by atoms with Gasteiger partial charge in [-0.05, 0) is 23.9 Å². The van der Waals surface area contributed by atoms with Crippen LogP contribution in [0.4, 0.5) is 26.3 Å². The number of rotatable bonds is 3. The summed E-state index contributed by atoms with van der Waals surface area (Å²) in [6.07, 6.45) is -3.97. The molecule has 0 fully saturated rings. The molecule has 134 valence electrons. The summed E-state index contributed by atoms with van der Waals surface area (Å²) in [6.45, 7) is 0. The third kappa shape index (κ3) is 4.65. The first-order chi connectivity index (χ1) is 11.5. The van der Waals surface area contributed by atoms with Crippen LogP contribution >= 0.6 is 11.8 Å². The van der Waals surface area contributed by atoms with Gasteiger partial charge in [0.25, 0.3) is 0 Å². The third-order valence-corrected chi connectivity index (χ3v) is 3.68. The van der Waals surface area contributed by atoms with Crippen LogP contribution in [0.25, 0.3) is 11.3 Å².